The molecule has 1 aliphatic rings. The third-order valence-corrected chi connectivity index (χ3v) is 6.29. The van der Waals surface area contributed by atoms with Crippen molar-refractivity contribution < 1.29 is 0 Å². The number of aryl methyl sites for hydroxylation is 2. The minimum atomic E-state index is 0.240. The monoisotopic (exact) mass is 363 g/mol. The van der Waals surface area contributed by atoms with Gasteiger partial charge in [0.2, 0.25) is 0 Å². The maximum atomic E-state index is 2.56. The first-order valence-electron chi connectivity index (χ1n) is 10.0. The fraction of sp³-hybridized carbons (Fsp3) is 0.185. The molecular formula is C27H25N. The van der Waals surface area contributed by atoms with Crippen molar-refractivity contribution in [2.24, 2.45) is 0 Å². The first-order valence-corrected chi connectivity index (χ1v) is 10.0. The van der Waals surface area contributed by atoms with Gasteiger partial charge in [-0.3, -0.25) is 4.90 Å². The van der Waals surface area contributed by atoms with E-state index in [2.05, 4.69) is 111 Å². The molecule has 0 aliphatic carbocycles. The van der Waals surface area contributed by atoms with Crippen LogP contribution in [0, 0.1) is 13.8 Å². The van der Waals surface area contributed by atoms with Crippen LogP contribution in [0.5, 0.6) is 0 Å². The van der Waals surface area contributed by atoms with Crippen molar-refractivity contribution in [2.75, 3.05) is 7.05 Å². The van der Waals surface area contributed by atoms with Crippen LogP contribution in [0.2, 0.25) is 0 Å². The van der Waals surface area contributed by atoms with Crippen LogP contribution in [-0.4, -0.2) is 11.9 Å². The summed E-state index contributed by atoms with van der Waals surface area (Å²) in [5, 5.41) is 2.79. The van der Waals surface area contributed by atoms with Crippen LogP contribution in [0.1, 0.15) is 45.5 Å². The molecule has 1 nitrogen and oxygen atoms in total. The third-order valence-electron chi connectivity index (χ3n) is 6.29. The minimum absolute atomic E-state index is 0.240. The molecule has 0 fully saturated rings. The number of rotatable bonds is 2. The highest BCUT2D eigenvalue weighted by molar-refractivity contribution is 5.93. The van der Waals surface area contributed by atoms with Gasteiger partial charge in [-0.25, -0.2) is 0 Å². The Morgan fingerprint density at radius 3 is 1.43 bits per heavy atom. The van der Waals surface area contributed by atoms with Crippen molar-refractivity contribution in [3.05, 3.63) is 118 Å². The van der Waals surface area contributed by atoms with Crippen molar-refractivity contribution in [1.29, 1.82) is 0 Å². The Balaban J connectivity index is 1.90. The summed E-state index contributed by atoms with van der Waals surface area (Å²) in [5.74, 6) is 0. The van der Waals surface area contributed by atoms with Crippen LogP contribution >= 0.6 is 0 Å². The fourth-order valence-electron chi connectivity index (χ4n) is 5.02. The molecule has 28 heavy (non-hydrogen) atoms. The molecular weight excluding hydrogens is 338 g/mol. The first kappa shape index (κ1) is 17.2. The van der Waals surface area contributed by atoms with Crippen molar-refractivity contribution >= 4 is 10.8 Å². The van der Waals surface area contributed by atoms with Gasteiger partial charge in [0.25, 0.3) is 0 Å². The topological polar surface area (TPSA) is 3.24 Å². The summed E-state index contributed by atoms with van der Waals surface area (Å²) in [4.78, 5) is 2.56. The summed E-state index contributed by atoms with van der Waals surface area (Å²) in [5.41, 5.74) is 8.36. The van der Waals surface area contributed by atoms with E-state index in [-0.39, 0.29) is 12.1 Å². The van der Waals surface area contributed by atoms with Crippen LogP contribution < -0.4 is 0 Å². The van der Waals surface area contributed by atoms with Gasteiger partial charge < -0.3 is 0 Å². The summed E-state index contributed by atoms with van der Waals surface area (Å²) >= 11 is 0. The Labute approximate surface area is 167 Å². The predicted molar refractivity (Wildman–Crippen MR) is 118 cm³/mol. The zero-order chi connectivity index (χ0) is 19.3. The summed E-state index contributed by atoms with van der Waals surface area (Å²) in [7, 11) is 2.28. The highest BCUT2D eigenvalue weighted by atomic mass is 15.2. The largest absolute Gasteiger partial charge is 0.284 e. The second-order valence-electron chi connectivity index (χ2n) is 7.98. The van der Waals surface area contributed by atoms with Crippen LogP contribution in [0.25, 0.3) is 10.8 Å². The Bertz CT molecular complexity index is 1060. The Kier molecular flexibility index (Phi) is 4.07. The van der Waals surface area contributed by atoms with Gasteiger partial charge in [0, 0.05) is 0 Å². The standard InChI is InChI=1S/C27H25N/c1-18-14-16-20-17-15-19(2)24-25(20)23(18)26(21-10-6-4-7-11-21)28(3)27(24)22-12-8-5-9-13-22/h4-17,26-27H,1-3H3. The van der Waals surface area contributed by atoms with Gasteiger partial charge in [-0.1, -0.05) is 84.9 Å². The zero-order valence-electron chi connectivity index (χ0n) is 16.7. The van der Waals surface area contributed by atoms with E-state index >= 15 is 0 Å². The molecule has 4 aromatic carbocycles. The smallest absolute Gasteiger partial charge is 0.0616 e. The normalized spacial score (nSPS) is 19.1. The molecule has 0 bridgehead atoms. The van der Waals surface area contributed by atoms with Gasteiger partial charge in [-0.15, -0.1) is 0 Å². The molecule has 0 N–H and O–H groups in total. The van der Waals surface area contributed by atoms with E-state index in [1.54, 1.807) is 0 Å². The lowest BCUT2D eigenvalue weighted by atomic mass is 9.78. The zero-order valence-corrected chi connectivity index (χ0v) is 16.7. The molecule has 1 aliphatic heterocycles. The molecule has 0 aromatic heterocycles. The van der Waals surface area contributed by atoms with Crippen LogP contribution in [0.3, 0.4) is 0 Å². The van der Waals surface area contributed by atoms with Gasteiger partial charge in [0.05, 0.1) is 12.1 Å². The van der Waals surface area contributed by atoms with Gasteiger partial charge in [0.15, 0.2) is 0 Å². The Morgan fingerprint density at radius 1 is 0.571 bits per heavy atom. The lowest BCUT2D eigenvalue weighted by Gasteiger charge is -2.43. The fourth-order valence-corrected chi connectivity index (χ4v) is 5.02. The van der Waals surface area contributed by atoms with E-state index < -0.39 is 0 Å². The molecule has 0 saturated heterocycles. The summed E-state index contributed by atoms with van der Waals surface area (Å²) in [6.45, 7) is 4.51. The number of nitrogens with zero attached hydrogens (tertiary/aromatic N) is 1. The summed E-state index contributed by atoms with van der Waals surface area (Å²) in [6, 6.07) is 31.5. The molecule has 2 unspecified atom stereocenters. The average molecular weight is 364 g/mol. The molecule has 138 valence electrons. The number of benzene rings is 4. The van der Waals surface area contributed by atoms with E-state index in [4.69, 9.17) is 0 Å². The molecule has 5 rings (SSSR count). The quantitative estimate of drug-likeness (QED) is 0.389. The highest BCUT2D eigenvalue weighted by Gasteiger charge is 2.36. The van der Waals surface area contributed by atoms with E-state index in [0.717, 1.165) is 0 Å². The molecule has 4 aromatic rings. The molecule has 1 heteroatoms. The molecule has 0 radical (unpaired) electrons. The van der Waals surface area contributed by atoms with E-state index in [9.17, 15) is 0 Å². The van der Waals surface area contributed by atoms with Crippen LogP contribution in [0.15, 0.2) is 84.9 Å². The molecule has 0 amide bonds. The van der Waals surface area contributed by atoms with Gasteiger partial charge in [-0.2, -0.15) is 0 Å². The van der Waals surface area contributed by atoms with Gasteiger partial charge in [0.1, 0.15) is 0 Å². The maximum Gasteiger partial charge on any atom is 0.0616 e. The predicted octanol–water partition coefficient (Wildman–Crippen LogP) is 6.58. The third kappa shape index (κ3) is 2.51. The molecule has 0 spiro atoms. The lowest BCUT2D eigenvalue weighted by Crippen LogP contribution is -2.35. The molecule has 1 heterocycles. The minimum Gasteiger partial charge on any atom is -0.284 e. The second-order valence-corrected chi connectivity index (χ2v) is 7.98. The van der Waals surface area contributed by atoms with Gasteiger partial charge in [-0.05, 0) is 65.0 Å². The highest BCUT2D eigenvalue weighted by Crippen LogP contribution is 2.49. The van der Waals surface area contributed by atoms with E-state index in [1.165, 1.54) is 44.2 Å². The summed E-state index contributed by atoms with van der Waals surface area (Å²) < 4.78 is 0. The Hall–Kier alpha value is -2.90. The first-order chi connectivity index (χ1) is 13.7. The Morgan fingerprint density at radius 2 is 1.00 bits per heavy atom. The average Bonchev–Trinajstić information content (AvgIpc) is 2.73. The maximum absolute atomic E-state index is 2.56. The molecule has 0 saturated carbocycles. The van der Waals surface area contributed by atoms with Crippen molar-refractivity contribution in [1.82, 2.24) is 4.90 Å². The van der Waals surface area contributed by atoms with E-state index in [1.807, 2.05) is 0 Å². The van der Waals surface area contributed by atoms with Crippen molar-refractivity contribution in [2.45, 2.75) is 25.9 Å². The van der Waals surface area contributed by atoms with Crippen molar-refractivity contribution in [3.63, 3.8) is 0 Å². The summed E-state index contributed by atoms with van der Waals surface area (Å²) in [6.07, 6.45) is 0. The van der Waals surface area contributed by atoms with Crippen LogP contribution in [-0.2, 0) is 0 Å². The SMILES string of the molecule is Cc1ccc2ccc(C)c3c2c1C(c1ccccc1)N(C)C3c1ccccc1. The molecule has 2 atom stereocenters. The number of hydrogen-bond acceptors (Lipinski definition) is 1. The number of hydrogen-bond donors (Lipinski definition) is 0. The van der Waals surface area contributed by atoms with Crippen LogP contribution in [0.4, 0.5) is 0 Å². The van der Waals surface area contributed by atoms with E-state index in [0.29, 0.717) is 0 Å². The van der Waals surface area contributed by atoms with Crippen molar-refractivity contribution in [3.8, 4) is 0 Å². The van der Waals surface area contributed by atoms with Gasteiger partial charge >= 0.3 is 0 Å². The lowest BCUT2D eigenvalue weighted by molar-refractivity contribution is 0.222. The second kappa shape index (κ2) is 6.61.